The monoisotopic (exact) mass is 434 g/mol. The van der Waals surface area contributed by atoms with E-state index in [1.54, 1.807) is 29.8 Å². The lowest BCUT2D eigenvalue weighted by Gasteiger charge is -2.17. The minimum Gasteiger partial charge on any atom is -0.508 e. The smallest absolute Gasteiger partial charge is 0.253 e. The largest absolute Gasteiger partial charge is 0.508 e. The summed E-state index contributed by atoms with van der Waals surface area (Å²) in [6.07, 6.45) is 1.96. The van der Waals surface area contributed by atoms with Crippen molar-refractivity contribution in [1.29, 1.82) is 0 Å². The summed E-state index contributed by atoms with van der Waals surface area (Å²) in [6.45, 7) is 2.79. The summed E-state index contributed by atoms with van der Waals surface area (Å²) in [5, 5.41) is 9.63. The molecule has 1 amide bonds. The first-order valence-corrected chi connectivity index (χ1v) is 11.0. The lowest BCUT2D eigenvalue weighted by atomic mass is 10.0. The van der Waals surface area contributed by atoms with Crippen molar-refractivity contribution in [3.8, 4) is 5.75 Å². The molecule has 0 aliphatic carbocycles. The van der Waals surface area contributed by atoms with E-state index in [1.165, 1.54) is 12.1 Å². The van der Waals surface area contributed by atoms with Crippen molar-refractivity contribution in [1.82, 2.24) is 4.90 Å². The van der Waals surface area contributed by atoms with Gasteiger partial charge in [-0.25, -0.2) is 9.38 Å². The molecule has 0 fully saturated rings. The third kappa shape index (κ3) is 4.35. The lowest BCUT2D eigenvalue weighted by molar-refractivity contribution is 0.0793. The van der Waals surface area contributed by atoms with Crippen LogP contribution >= 0.6 is 11.8 Å². The molecule has 0 radical (unpaired) electrons. The molecule has 0 saturated carbocycles. The summed E-state index contributed by atoms with van der Waals surface area (Å²) < 4.78 is 14.8. The number of fused-ring (bicyclic) bond motifs is 2. The van der Waals surface area contributed by atoms with Gasteiger partial charge in [0.25, 0.3) is 5.91 Å². The molecular formula is C25H23FN2O2S. The van der Waals surface area contributed by atoms with Gasteiger partial charge in [-0.05, 0) is 42.8 Å². The Morgan fingerprint density at radius 2 is 1.87 bits per heavy atom. The molecule has 0 saturated heterocycles. The van der Waals surface area contributed by atoms with Crippen molar-refractivity contribution in [3.63, 3.8) is 0 Å². The molecule has 4 rings (SSSR count). The number of phenolic OH excluding ortho intramolecular Hbond substituents is 1. The van der Waals surface area contributed by atoms with E-state index in [-0.39, 0.29) is 11.7 Å². The number of halogens is 1. The summed E-state index contributed by atoms with van der Waals surface area (Å²) in [6, 6.07) is 17.3. The van der Waals surface area contributed by atoms with Gasteiger partial charge in [-0.15, -0.1) is 0 Å². The van der Waals surface area contributed by atoms with Gasteiger partial charge in [0.15, 0.2) is 0 Å². The minimum absolute atomic E-state index is 0.0597. The topological polar surface area (TPSA) is 52.9 Å². The first-order chi connectivity index (χ1) is 15.0. The van der Waals surface area contributed by atoms with Crippen molar-refractivity contribution in [2.75, 3.05) is 13.6 Å². The molecule has 0 spiro atoms. The number of phenols is 1. The third-order valence-corrected chi connectivity index (χ3v) is 6.34. The minimum atomic E-state index is -0.548. The second-order valence-electron chi connectivity index (χ2n) is 7.49. The molecule has 158 valence electrons. The second-order valence-corrected chi connectivity index (χ2v) is 8.57. The Balaban J connectivity index is 1.83. The summed E-state index contributed by atoms with van der Waals surface area (Å²) in [5.41, 5.74) is 2.76. The number of hydrogen-bond donors (Lipinski definition) is 1. The van der Waals surface area contributed by atoms with Gasteiger partial charge in [-0.2, -0.15) is 0 Å². The van der Waals surface area contributed by atoms with Crippen LogP contribution in [0.2, 0.25) is 0 Å². The highest BCUT2D eigenvalue weighted by atomic mass is 32.2. The first-order valence-electron chi connectivity index (χ1n) is 10.2. The van der Waals surface area contributed by atoms with Gasteiger partial charge < -0.3 is 10.0 Å². The van der Waals surface area contributed by atoms with Crippen LogP contribution in [0.15, 0.2) is 75.4 Å². The number of aliphatic imine (C=N–C) groups is 1. The average Bonchev–Trinajstić information content (AvgIpc) is 2.93. The Hall–Kier alpha value is -3.12. The lowest BCUT2D eigenvalue weighted by Crippen LogP contribution is -2.27. The van der Waals surface area contributed by atoms with Crippen molar-refractivity contribution in [2.45, 2.75) is 29.6 Å². The zero-order valence-electron chi connectivity index (χ0n) is 17.4. The fourth-order valence-electron chi connectivity index (χ4n) is 3.49. The number of carbonyl (C=O) groups excluding carboxylic acids is 1. The quantitative estimate of drug-likeness (QED) is 0.417. The number of rotatable bonds is 5. The number of carbonyl (C=O) groups is 1. The highest BCUT2D eigenvalue weighted by Gasteiger charge is 2.22. The van der Waals surface area contributed by atoms with Crippen LogP contribution in [0.4, 0.5) is 10.1 Å². The summed E-state index contributed by atoms with van der Waals surface area (Å²) in [5.74, 6) is -0.745. The highest BCUT2D eigenvalue weighted by molar-refractivity contribution is 7.99. The van der Waals surface area contributed by atoms with Crippen LogP contribution in [-0.2, 0) is 0 Å². The number of unbranched alkanes of at least 4 members (excludes halogenated alkanes) is 1. The van der Waals surface area contributed by atoms with Crippen LogP contribution in [0, 0.1) is 5.82 Å². The normalized spacial score (nSPS) is 12.4. The molecule has 1 heterocycles. The fourth-order valence-corrected chi connectivity index (χ4v) is 4.50. The summed E-state index contributed by atoms with van der Waals surface area (Å²) in [4.78, 5) is 21.2. The Bertz CT molecular complexity index is 1180. The predicted molar refractivity (Wildman–Crippen MR) is 122 cm³/mol. The Morgan fingerprint density at radius 3 is 2.65 bits per heavy atom. The third-order valence-electron chi connectivity index (χ3n) is 5.20. The zero-order chi connectivity index (χ0) is 22.0. The first kappa shape index (κ1) is 21.1. The number of amides is 1. The van der Waals surface area contributed by atoms with Crippen LogP contribution in [0.25, 0.3) is 0 Å². The Labute approximate surface area is 185 Å². The van der Waals surface area contributed by atoms with Crippen LogP contribution in [0.1, 0.15) is 41.3 Å². The van der Waals surface area contributed by atoms with Gasteiger partial charge in [-0.3, -0.25) is 4.79 Å². The van der Waals surface area contributed by atoms with E-state index in [2.05, 4.69) is 6.92 Å². The molecule has 4 nitrogen and oxygen atoms in total. The average molecular weight is 435 g/mol. The van der Waals surface area contributed by atoms with Crippen LogP contribution in [0.3, 0.4) is 0 Å². The van der Waals surface area contributed by atoms with Crippen molar-refractivity contribution >= 4 is 29.1 Å². The van der Waals surface area contributed by atoms with Gasteiger partial charge >= 0.3 is 0 Å². The number of aromatic hydroxyl groups is 1. The van der Waals surface area contributed by atoms with E-state index in [0.29, 0.717) is 29.1 Å². The number of hydrogen-bond acceptors (Lipinski definition) is 4. The van der Waals surface area contributed by atoms with E-state index in [0.717, 1.165) is 34.3 Å². The number of nitrogens with zero attached hydrogens (tertiary/aromatic N) is 2. The van der Waals surface area contributed by atoms with Gasteiger partial charge in [-0.1, -0.05) is 43.3 Å². The summed E-state index contributed by atoms with van der Waals surface area (Å²) >= 11 is 1.54. The molecule has 31 heavy (non-hydrogen) atoms. The van der Waals surface area contributed by atoms with E-state index in [1.807, 2.05) is 36.4 Å². The van der Waals surface area contributed by atoms with Gasteiger partial charge in [0.2, 0.25) is 0 Å². The van der Waals surface area contributed by atoms with Gasteiger partial charge in [0, 0.05) is 46.1 Å². The number of benzene rings is 3. The van der Waals surface area contributed by atoms with Crippen LogP contribution in [0.5, 0.6) is 5.75 Å². The standard InChI is InChI=1S/C25H23FN2O2S/c1-3-4-13-28(2)25(30)16-9-12-23-21(14-16)27-24(18-11-10-17(29)15-20(18)26)19-7-5-6-8-22(19)31-23/h5-12,14-15,29H,3-4,13H2,1-2H3. The SMILES string of the molecule is CCCCN(C)C(=O)c1ccc2c(c1)N=C(c1ccc(O)cc1F)c1ccccc1S2. The maximum atomic E-state index is 14.8. The second kappa shape index (κ2) is 8.94. The van der Waals surface area contributed by atoms with E-state index >= 15 is 0 Å². The Morgan fingerprint density at radius 1 is 1.06 bits per heavy atom. The molecular weight excluding hydrogens is 411 g/mol. The van der Waals surface area contributed by atoms with Crippen molar-refractivity contribution in [2.24, 2.45) is 4.99 Å². The molecule has 3 aromatic carbocycles. The Kier molecular flexibility index (Phi) is 6.09. The molecule has 0 unspecified atom stereocenters. The molecule has 0 aromatic heterocycles. The molecule has 0 bridgehead atoms. The molecule has 3 aromatic rings. The molecule has 6 heteroatoms. The predicted octanol–water partition coefficient (Wildman–Crippen LogP) is 6.04. The van der Waals surface area contributed by atoms with E-state index in [9.17, 15) is 14.3 Å². The maximum absolute atomic E-state index is 14.8. The van der Waals surface area contributed by atoms with Crippen LogP contribution in [-0.4, -0.2) is 35.2 Å². The zero-order valence-corrected chi connectivity index (χ0v) is 18.2. The van der Waals surface area contributed by atoms with E-state index < -0.39 is 5.82 Å². The van der Waals surface area contributed by atoms with Crippen molar-refractivity contribution < 1.29 is 14.3 Å². The molecule has 1 aliphatic rings. The fraction of sp³-hybridized carbons (Fsp3) is 0.200. The van der Waals surface area contributed by atoms with Gasteiger partial charge in [0.1, 0.15) is 11.6 Å². The molecule has 0 atom stereocenters. The van der Waals surface area contributed by atoms with Crippen molar-refractivity contribution in [3.05, 3.63) is 83.2 Å². The molecule has 1 aliphatic heterocycles. The van der Waals surface area contributed by atoms with E-state index in [4.69, 9.17) is 4.99 Å². The molecule has 1 N–H and O–H groups in total. The van der Waals surface area contributed by atoms with Gasteiger partial charge in [0.05, 0.1) is 11.4 Å². The summed E-state index contributed by atoms with van der Waals surface area (Å²) in [7, 11) is 1.80. The maximum Gasteiger partial charge on any atom is 0.253 e. The highest BCUT2D eigenvalue weighted by Crippen LogP contribution is 2.42. The van der Waals surface area contributed by atoms with Crippen LogP contribution < -0.4 is 0 Å².